The van der Waals surface area contributed by atoms with Crippen LogP contribution in [0.25, 0.3) is 32.1 Å². The zero-order valence-corrected chi connectivity index (χ0v) is 20.2. The Morgan fingerprint density at radius 2 is 2.00 bits per heavy atom. The minimum absolute atomic E-state index is 0.0509. The first-order chi connectivity index (χ1) is 15.5. The predicted molar refractivity (Wildman–Crippen MR) is 132 cm³/mol. The fourth-order valence-corrected chi connectivity index (χ4v) is 6.36. The van der Waals surface area contributed by atoms with Gasteiger partial charge in [-0.15, -0.1) is 32.9 Å². The van der Waals surface area contributed by atoms with Gasteiger partial charge in [-0.2, -0.15) is 0 Å². The van der Waals surface area contributed by atoms with Crippen LogP contribution < -0.4 is 5.56 Å². The maximum absolute atomic E-state index is 13.1. The lowest BCUT2D eigenvalue weighted by Gasteiger charge is -2.06. The lowest BCUT2D eigenvalue weighted by atomic mass is 10.1. The van der Waals surface area contributed by atoms with Crippen molar-refractivity contribution in [1.82, 2.24) is 19.7 Å². The van der Waals surface area contributed by atoms with Crippen molar-refractivity contribution in [2.24, 2.45) is 7.05 Å². The predicted octanol–water partition coefficient (Wildman–Crippen LogP) is 5.94. The zero-order chi connectivity index (χ0) is 22.2. The standard InChI is InChI=1S/C23H20N4O2S3/c1-4-16-13(2)10-17(32-16)20-26-25-18(29-20)12-31-23-24-21-19(22(28)27(23)3)15(11-30-21)14-8-6-5-7-9-14/h5-11H,4,12H2,1-3H3. The lowest BCUT2D eigenvalue weighted by Crippen LogP contribution is -2.19. The summed E-state index contributed by atoms with van der Waals surface area (Å²) in [6, 6.07) is 12.0. The van der Waals surface area contributed by atoms with E-state index in [0.29, 0.717) is 28.1 Å². The van der Waals surface area contributed by atoms with Gasteiger partial charge in [-0.05, 0) is 30.5 Å². The third-order valence-electron chi connectivity index (χ3n) is 5.20. The summed E-state index contributed by atoms with van der Waals surface area (Å²) in [5.41, 5.74) is 3.14. The van der Waals surface area contributed by atoms with Crippen molar-refractivity contribution in [3.63, 3.8) is 0 Å². The summed E-state index contributed by atoms with van der Waals surface area (Å²) in [7, 11) is 1.75. The Bertz CT molecular complexity index is 1460. The van der Waals surface area contributed by atoms with Gasteiger partial charge >= 0.3 is 0 Å². The number of benzene rings is 1. The summed E-state index contributed by atoms with van der Waals surface area (Å²) < 4.78 is 7.48. The number of rotatable bonds is 6. The molecule has 162 valence electrons. The van der Waals surface area contributed by atoms with E-state index in [2.05, 4.69) is 30.1 Å². The van der Waals surface area contributed by atoms with Crippen LogP contribution in [0.3, 0.4) is 0 Å². The summed E-state index contributed by atoms with van der Waals surface area (Å²) in [6.07, 6.45) is 0.990. The molecule has 0 radical (unpaired) electrons. The highest BCUT2D eigenvalue weighted by molar-refractivity contribution is 7.98. The number of thiophene rings is 2. The number of aromatic nitrogens is 4. The molecule has 0 aliphatic rings. The number of hydrogen-bond donors (Lipinski definition) is 0. The van der Waals surface area contributed by atoms with Gasteiger partial charge in [-0.1, -0.05) is 49.0 Å². The maximum Gasteiger partial charge on any atom is 0.263 e. The van der Waals surface area contributed by atoms with Gasteiger partial charge in [-0.3, -0.25) is 9.36 Å². The van der Waals surface area contributed by atoms with Crippen molar-refractivity contribution in [2.45, 2.75) is 31.2 Å². The summed E-state index contributed by atoms with van der Waals surface area (Å²) in [5, 5.41) is 11.7. The quantitative estimate of drug-likeness (QED) is 0.221. The lowest BCUT2D eigenvalue weighted by molar-refractivity contribution is 0.529. The smallest absolute Gasteiger partial charge is 0.263 e. The Hall–Kier alpha value is -2.75. The zero-order valence-electron chi connectivity index (χ0n) is 17.8. The molecule has 0 unspecified atom stereocenters. The molecule has 0 fully saturated rings. The van der Waals surface area contributed by atoms with Crippen molar-refractivity contribution >= 4 is 44.7 Å². The molecule has 0 atom stereocenters. The van der Waals surface area contributed by atoms with Crippen molar-refractivity contribution < 1.29 is 4.42 Å². The highest BCUT2D eigenvalue weighted by atomic mass is 32.2. The molecule has 0 amide bonds. The molecule has 6 nitrogen and oxygen atoms in total. The highest BCUT2D eigenvalue weighted by Gasteiger charge is 2.17. The molecule has 0 saturated heterocycles. The first-order valence-electron chi connectivity index (χ1n) is 10.1. The van der Waals surface area contributed by atoms with E-state index >= 15 is 0 Å². The van der Waals surface area contributed by atoms with Crippen molar-refractivity contribution in [1.29, 1.82) is 0 Å². The largest absolute Gasteiger partial charge is 0.419 e. The van der Waals surface area contributed by atoms with Crippen LogP contribution in [-0.4, -0.2) is 19.7 Å². The van der Waals surface area contributed by atoms with Gasteiger partial charge in [0.05, 0.1) is 16.0 Å². The molecular formula is C23H20N4O2S3. The Labute approximate surface area is 197 Å². The van der Waals surface area contributed by atoms with Gasteiger partial charge in [-0.25, -0.2) is 4.98 Å². The third kappa shape index (κ3) is 3.80. The minimum Gasteiger partial charge on any atom is -0.419 e. The van der Waals surface area contributed by atoms with E-state index in [1.807, 2.05) is 35.7 Å². The van der Waals surface area contributed by atoms with Gasteiger partial charge in [0.1, 0.15) is 4.83 Å². The van der Waals surface area contributed by atoms with E-state index in [0.717, 1.165) is 27.3 Å². The van der Waals surface area contributed by atoms with Gasteiger partial charge in [0.25, 0.3) is 11.4 Å². The monoisotopic (exact) mass is 480 g/mol. The third-order valence-corrected chi connectivity index (χ3v) is 8.46. The van der Waals surface area contributed by atoms with Crippen LogP contribution >= 0.6 is 34.4 Å². The number of nitrogens with zero attached hydrogens (tertiary/aromatic N) is 4. The number of aryl methyl sites for hydroxylation is 2. The Morgan fingerprint density at radius 3 is 2.75 bits per heavy atom. The van der Waals surface area contributed by atoms with Crippen molar-refractivity contribution in [3.05, 3.63) is 68.5 Å². The minimum atomic E-state index is -0.0509. The first-order valence-corrected chi connectivity index (χ1v) is 12.8. The van der Waals surface area contributed by atoms with E-state index in [9.17, 15) is 4.79 Å². The molecule has 0 spiro atoms. The Kier molecular flexibility index (Phi) is 5.71. The van der Waals surface area contributed by atoms with E-state index in [1.165, 1.54) is 33.5 Å². The fourth-order valence-electron chi connectivity index (χ4n) is 3.53. The Balaban J connectivity index is 1.40. The molecule has 4 heterocycles. The maximum atomic E-state index is 13.1. The van der Waals surface area contributed by atoms with Crippen LogP contribution in [-0.2, 0) is 19.2 Å². The molecule has 1 aromatic carbocycles. The van der Waals surface area contributed by atoms with E-state index < -0.39 is 0 Å². The van der Waals surface area contributed by atoms with Crippen molar-refractivity contribution in [3.8, 4) is 21.9 Å². The molecule has 5 rings (SSSR count). The van der Waals surface area contributed by atoms with Crippen LogP contribution in [0, 0.1) is 6.92 Å². The van der Waals surface area contributed by atoms with Crippen LogP contribution in [0.5, 0.6) is 0 Å². The number of hydrogen-bond acceptors (Lipinski definition) is 8. The SMILES string of the molecule is CCc1sc(-c2nnc(CSc3nc4scc(-c5ccccc5)c4c(=O)n3C)o2)cc1C. The second-order valence-electron chi connectivity index (χ2n) is 7.31. The molecule has 0 aliphatic carbocycles. The van der Waals surface area contributed by atoms with Gasteiger partial charge in [0.15, 0.2) is 5.16 Å². The van der Waals surface area contributed by atoms with Gasteiger partial charge in [0, 0.05) is 22.9 Å². The fraction of sp³-hybridized carbons (Fsp3) is 0.217. The van der Waals surface area contributed by atoms with Crippen LogP contribution in [0.1, 0.15) is 23.3 Å². The molecule has 0 saturated carbocycles. The second-order valence-corrected chi connectivity index (χ2v) is 10.3. The molecule has 5 aromatic rings. The molecule has 0 bridgehead atoms. The topological polar surface area (TPSA) is 73.8 Å². The van der Waals surface area contributed by atoms with E-state index in [-0.39, 0.29) is 5.56 Å². The molecule has 4 aromatic heterocycles. The first kappa shape index (κ1) is 21.1. The molecule has 0 aliphatic heterocycles. The molecule has 0 N–H and O–H groups in total. The summed E-state index contributed by atoms with van der Waals surface area (Å²) >= 11 is 4.60. The van der Waals surface area contributed by atoms with Crippen LogP contribution in [0.2, 0.25) is 0 Å². The number of thioether (sulfide) groups is 1. The molecule has 32 heavy (non-hydrogen) atoms. The van der Waals surface area contributed by atoms with Gasteiger partial charge < -0.3 is 4.42 Å². The summed E-state index contributed by atoms with van der Waals surface area (Å²) in [4.78, 5) is 20.9. The summed E-state index contributed by atoms with van der Waals surface area (Å²) in [6.45, 7) is 4.24. The molecular weight excluding hydrogens is 460 g/mol. The second kappa shape index (κ2) is 8.65. The molecule has 9 heteroatoms. The van der Waals surface area contributed by atoms with E-state index in [4.69, 9.17) is 9.40 Å². The number of fused-ring (bicyclic) bond motifs is 1. The summed E-state index contributed by atoms with van der Waals surface area (Å²) in [5.74, 6) is 1.50. The average molecular weight is 481 g/mol. The van der Waals surface area contributed by atoms with Crippen LogP contribution in [0.4, 0.5) is 0 Å². The normalized spacial score (nSPS) is 11.5. The highest BCUT2D eigenvalue weighted by Crippen LogP contribution is 2.33. The van der Waals surface area contributed by atoms with E-state index in [1.54, 1.807) is 23.0 Å². The Morgan fingerprint density at radius 1 is 1.19 bits per heavy atom. The van der Waals surface area contributed by atoms with Crippen LogP contribution in [0.15, 0.2) is 56.1 Å². The average Bonchev–Trinajstić information content (AvgIpc) is 3.54. The van der Waals surface area contributed by atoms with Gasteiger partial charge in [0.2, 0.25) is 5.89 Å². The van der Waals surface area contributed by atoms with Crippen molar-refractivity contribution in [2.75, 3.05) is 0 Å².